The van der Waals surface area contributed by atoms with Gasteiger partial charge >= 0.3 is 19.8 Å². The van der Waals surface area contributed by atoms with Crippen molar-refractivity contribution in [3.05, 3.63) is 231 Å². The summed E-state index contributed by atoms with van der Waals surface area (Å²) in [6.07, 6.45) is 130. The van der Waals surface area contributed by atoms with Crippen LogP contribution in [0, 0.1) is 0 Å². The quantitative estimate of drug-likeness (QED) is 0.0264. The SMILES string of the molecule is CC/C=C\C/C=C\C/C=C\C/C=C\C/C=C\C/C=C\C/C=C\C/C=C\C/C=C\C/C=C\CCCCCCCCCCCCC(=O)OC(COC(=O)CCCCCCCCCCCCC/C=C\C/C=C\C/C=C\C/C=C\C/C=C\C/C=C\C/C=C\C/C=C\C/C=C\CC)COP(=O)(O)OCCN. The van der Waals surface area contributed by atoms with E-state index in [1.807, 2.05) is 0 Å². The summed E-state index contributed by atoms with van der Waals surface area (Å²) in [5.74, 6) is -0.846. The predicted molar refractivity (Wildman–Crippen MR) is 440 cm³/mol. The number of hydrogen-bond donors (Lipinski definition) is 2. The van der Waals surface area contributed by atoms with Gasteiger partial charge in [-0.1, -0.05) is 354 Å². The van der Waals surface area contributed by atoms with Gasteiger partial charge in [-0.2, -0.15) is 0 Å². The number of ether oxygens (including phenoxy) is 2. The van der Waals surface area contributed by atoms with Crippen LogP contribution < -0.4 is 5.73 Å². The van der Waals surface area contributed by atoms with Gasteiger partial charge in [-0.15, -0.1) is 0 Å². The largest absolute Gasteiger partial charge is 0.472 e. The molecule has 9 nitrogen and oxygen atoms in total. The normalized spacial score (nSPS) is 14.1. The molecule has 0 spiro atoms. The van der Waals surface area contributed by atoms with Crippen LogP contribution >= 0.6 is 7.82 Å². The van der Waals surface area contributed by atoms with Gasteiger partial charge in [0.2, 0.25) is 0 Å². The van der Waals surface area contributed by atoms with Gasteiger partial charge in [0.05, 0.1) is 13.2 Å². The summed E-state index contributed by atoms with van der Waals surface area (Å²) in [4.78, 5) is 35.5. The summed E-state index contributed by atoms with van der Waals surface area (Å²) in [6, 6.07) is 0. The number of rotatable bonds is 72. The standard InChI is InChI=1S/C91H144NO8P/c1-3-5-7-9-11-13-15-17-19-21-23-25-27-29-31-33-35-37-39-41-43-44-46-48-50-52-54-56-58-60-62-64-66-68-70-72-74-76-78-80-82-84-91(94)100-89(88-99-101(95,96)98-86-85-92)87-97-90(93)83-81-79-77-75-73-71-69-67-65-63-61-59-57-55-53-51-49-47-45-42-40-38-36-34-32-30-28-26-24-22-20-18-16-14-12-10-8-6-4-2/h5-8,11-14,17-20,23-26,29-32,35-38,41-43,45-46,48-49,51-52,54-55,57-58,60,89H,3-4,9-10,15-16,21-22,27-28,33-34,39-40,44,47,50,53,56,59,61-88,92H2,1-2H3,(H,95,96)/b7-5-,8-6-,13-11-,14-12-,19-17-,20-18-,25-23-,26-24-,31-29-,32-30-,37-35-,38-36-,43-41-,45-42-,48-46-,51-49-,54-52-,57-55-,60-58-. The van der Waals surface area contributed by atoms with Crippen LogP contribution in [0.15, 0.2) is 231 Å². The van der Waals surface area contributed by atoms with E-state index in [9.17, 15) is 19.0 Å². The van der Waals surface area contributed by atoms with Gasteiger partial charge in [-0.25, -0.2) is 4.57 Å². The van der Waals surface area contributed by atoms with Gasteiger partial charge < -0.3 is 20.1 Å². The molecule has 0 heterocycles. The van der Waals surface area contributed by atoms with E-state index in [0.29, 0.717) is 6.42 Å². The van der Waals surface area contributed by atoms with Gasteiger partial charge in [0.25, 0.3) is 0 Å². The van der Waals surface area contributed by atoms with Crippen LogP contribution in [0.25, 0.3) is 0 Å². The van der Waals surface area contributed by atoms with Crippen LogP contribution in [0.4, 0.5) is 0 Å². The highest BCUT2D eigenvalue weighted by Crippen LogP contribution is 2.43. The minimum atomic E-state index is -4.41. The van der Waals surface area contributed by atoms with Crippen LogP contribution in [0.2, 0.25) is 0 Å². The molecule has 0 bridgehead atoms. The number of nitrogens with two attached hydrogens (primary N) is 1. The second-order valence-corrected chi connectivity index (χ2v) is 26.9. The first kappa shape index (κ1) is 95.1. The molecule has 0 amide bonds. The van der Waals surface area contributed by atoms with E-state index in [4.69, 9.17) is 24.3 Å². The summed E-state index contributed by atoms with van der Waals surface area (Å²) in [5, 5.41) is 0. The topological polar surface area (TPSA) is 134 Å². The summed E-state index contributed by atoms with van der Waals surface area (Å²) in [5.41, 5.74) is 5.41. The van der Waals surface area contributed by atoms with Gasteiger partial charge in [0, 0.05) is 19.4 Å². The molecule has 0 aliphatic rings. The summed E-state index contributed by atoms with van der Waals surface area (Å²) >= 11 is 0. The maximum atomic E-state index is 12.8. The fourth-order valence-electron chi connectivity index (χ4n) is 10.2. The molecule has 2 atom stereocenters. The Bertz CT molecular complexity index is 2520. The first-order chi connectivity index (χ1) is 49.8. The minimum absolute atomic E-state index is 0.0420. The van der Waals surface area contributed by atoms with Crippen LogP contribution in [0.1, 0.15) is 296 Å². The Morgan fingerprint density at radius 1 is 0.297 bits per heavy atom. The molecule has 3 N–H and O–H groups in total. The number of phosphoric acid groups is 1. The molecule has 2 unspecified atom stereocenters. The third-order valence-electron chi connectivity index (χ3n) is 16.0. The van der Waals surface area contributed by atoms with Crippen molar-refractivity contribution in [3.63, 3.8) is 0 Å². The monoisotopic (exact) mass is 1410 g/mol. The molecule has 0 fully saturated rings. The molecule has 0 rings (SSSR count). The van der Waals surface area contributed by atoms with Crippen LogP contribution in [0.5, 0.6) is 0 Å². The van der Waals surface area contributed by atoms with E-state index >= 15 is 0 Å². The van der Waals surface area contributed by atoms with Crippen molar-refractivity contribution < 1.29 is 37.6 Å². The van der Waals surface area contributed by atoms with Crippen molar-refractivity contribution in [1.82, 2.24) is 0 Å². The van der Waals surface area contributed by atoms with Gasteiger partial charge in [-0.3, -0.25) is 18.6 Å². The Morgan fingerprint density at radius 2 is 0.515 bits per heavy atom. The van der Waals surface area contributed by atoms with Gasteiger partial charge in [-0.05, 0) is 161 Å². The zero-order valence-corrected chi connectivity index (χ0v) is 64.7. The van der Waals surface area contributed by atoms with Crippen LogP contribution in [-0.4, -0.2) is 49.3 Å². The smallest absolute Gasteiger partial charge is 0.462 e. The second kappa shape index (κ2) is 83.0. The van der Waals surface area contributed by atoms with Gasteiger partial charge in [0.15, 0.2) is 6.10 Å². The Hall–Kier alpha value is -5.93. The Morgan fingerprint density at radius 3 is 0.762 bits per heavy atom. The summed E-state index contributed by atoms with van der Waals surface area (Å²) < 4.78 is 33.3. The Kier molecular flexibility index (Phi) is 78.1. The van der Waals surface area contributed by atoms with E-state index in [0.717, 1.165) is 180 Å². The van der Waals surface area contributed by atoms with E-state index in [1.54, 1.807) is 0 Å². The summed E-state index contributed by atoms with van der Waals surface area (Å²) in [7, 11) is -4.41. The average Bonchev–Trinajstić information content (AvgIpc) is 1.04. The minimum Gasteiger partial charge on any atom is -0.462 e. The summed E-state index contributed by atoms with van der Waals surface area (Å²) in [6.45, 7) is 3.50. The van der Waals surface area contributed by atoms with Gasteiger partial charge in [0.1, 0.15) is 6.61 Å². The lowest BCUT2D eigenvalue weighted by atomic mass is 10.0. The number of carbonyl (C=O) groups is 2. The highest BCUT2D eigenvalue weighted by atomic mass is 31.2. The van der Waals surface area contributed by atoms with Crippen LogP contribution in [0.3, 0.4) is 0 Å². The van der Waals surface area contributed by atoms with Crippen molar-refractivity contribution >= 4 is 19.8 Å². The molecule has 101 heavy (non-hydrogen) atoms. The zero-order chi connectivity index (χ0) is 72.9. The maximum Gasteiger partial charge on any atom is 0.472 e. The second-order valence-electron chi connectivity index (χ2n) is 25.5. The molecule has 0 radical (unpaired) electrons. The number of carbonyl (C=O) groups excluding carboxylic acids is 2. The maximum absolute atomic E-state index is 12.8. The molecule has 0 aromatic rings. The molecular formula is C91H144NO8P. The highest BCUT2D eigenvalue weighted by molar-refractivity contribution is 7.47. The van der Waals surface area contributed by atoms with Crippen molar-refractivity contribution in [3.8, 4) is 0 Å². The van der Waals surface area contributed by atoms with E-state index < -0.39 is 32.5 Å². The molecule has 0 saturated heterocycles. The number of allylic oxidation sites excluding steroid dienone is 38. The van der Waals surface area contributed by atoms with Crippen molar-refractivity contribution in [2.75, 3.05) is 26.4 Å². The predicted octanol–water partition coefficient (Wildman–Crippen LogP) is 27.3. The first-order valence-electron chi connectivity index (χ1n) is 39.9. The number of phosphoric ester groups is 1. The lowest BCUT2D eigenvalue weighted by Crippen LogP contribution is -2.29. The van der Waals surface area contributed by atoms with Crippen molar-refractivity contribution in [1.29, 1.82) is 0 Å². The number of unbranched alkanes of at least 4 members (excludes halogenated alkanes) is 21. The zero-order valence-electron chi connectivity index (χ0n) is 63.8. The molecule has 0 aromatic heterocycles. The first-order valence-corrected chi connectivity index (χ1v) is 41.4. The lowest BCUT2D eigenvalue weighted by Gasteiger charge is -2.19. The molecule has 0 aliphatic carbocycles. The fraction of sp³-hybridized carbons (Fsp3) is 0.560. The van der Waals surface area contributed by atoms with E-state index in [1.165, 1.54) is 83.5 Å². The van der Waals surface area contributed by atoms with Crippen LogP contribution in [-0.2, 0) is 32.7 Å². The molecule has 0 aromatic carbocycles. The molecule has 0 aliphatic heterocycles. The Balaban J connectivity index is 3.95. The van der Waals surface area contributed by atoms with Crippen molar-refractivity contribution in [2.24, 2.45) is 5.73 Å². The lowest BCUT2D eigenvalue weighted by molar-refractivity contribution is -0.161. The number of esters is 2. The molecule has 10 heteroatoms. The Labute approximate surface area is 619 Å². The number of hydrogen-bond acceptors (Lipinski definition) is 8. The highest BCUT2D eigenvalue weighted by Gasteiger charge is 2.26. The fourth-order valence-corrected chi connectivity index (χ4v) is 11.0. The molecule has 0 saturated carbocycles. The third-order valence-corrected chi connectivity index (χ3v) is 17.0. The average molecular weight is 1410 g/mol. The van der Waals surface area contributed by atoms with E-state index in [-0.39, 0.29) is 32.6 Å². The van der Waals surface area contributed by atoms with Crippen molar-refractivity contribution in [2.45, 2.75) is 302 Å². The third kappa shape index (κ3) is 82.9. The van der Waals surface area contributed by atoms with E-state index in [2.05, 4.69) is 245 Å². The molecule has 566 valence electrons. The molecular weight excluding hydrogens is 1270 g/mol.